The molecule has 0 saturated heterocycles. The zero-order valence-electron chi connectivity index (χ0n) is 11.4. The highest BCUT2D eigenvalue weighted by atomic mass is 16.4. The van der Waals surface area contributed by atoms with E-state index in [2.05, 4.69) is 4.98 Å². The van der Waals surface area contributed by atoms with E-state index in [0.717, 1.165) is 27.6 Å². The van der Waals surface area contributed by atoms with Crippen LogP contribution in [-0.4, -0.2) is 16.1 Å². The molecule has 21 heavy (non-hydrogen) atoms. The third kappa shape index (κ3) is 2.43. The van der Waals surface area contributed by atoms with Crippen LogP contribution in [0.15, 0.2) is 53.3 Å². The van der Waals surface area contributed by atoms with Crippen LogP contribution in [-0.2, 0) is 0 Å². The number of hydrogen-bond donors (Lipinski definition) is 2. The summed E-state index contributed by atoms with van der Waals surface area (Å²) in [5.74, 6) is -0.936. The maximum atomic E-state index is 11.4. The second kappa shape index (κ2) is 4.90. The molecule has 0 atom stereocenters. The summed E-state index contributed by atoms with van der Waals surface area (Å²) in [6.45, 7) is 1.94. The minimum Gasteiger partial charge on any atom is -0.478 e. The molecule has 0 saturated carbocycles. The Morgan fingerprint density at radius 1 is 1.00 bits per heavy atom. The number of aryl methyl sites for hydroxylation is 1. The van der Waals surface area contributed by atoms with Crippen LogP contribution >= 0.6 is 0 Å². The number of aromatic amines is 1. The van der Waals surface area contributed by atoms with Gasteiger partial charge in [-0.1, -0.05) is 12.1 Å². The summed E-state index contributed by atoms with van der Waals surface area (Å²) >= 11 is 0. The van der Waals surface area contributed by atoms with Crippen molar-refractivity contribution in [1.82, 2.24) is 4.98 Å². The Bertz CT molecular complexity index is 892. The summed E-state index contributed by atoms with van der Waals surface area (Å²) < 4.78 is 0. The molecule has 0 aliphatic heterocycles. The molecule has 3 aromatic rings. The predicted octanol–water partition coefficient (Wildman–Crippen LogP) is 3.20. The molecule has 0 unspecified atom stereocenters. The molecular weight excluding hydrogens is 266 g/mol. The van der Waals surface area contributed by atoms with Crippen molar-refractivity contribution in [3.8, 4) is 11.1 Å². The fourth-order valence-electron chi connectivity index (χ4n) is 2.42. The molecule has 0 amide bonds. The number of aromatic nitrogens is 1. The zero-order valence-corrected chi connectivity index (χ0v) is 11.4. The smallest absolute Gasteiger partial charge is 0.335 e. The van der Waals surface area contributed by atoms with Crippen molar-refractivity contribution in [3.63, 3.8) is 0 Å². The summed E-state index contributed by atoms with van der Waals surface area (Å²) in [6, 6.07) is 14.0. The largest absolute Gasteiger partial charge is 0.478 e. The number of nitrogens with one attached hydrogen (secondary N) is 1. The van der Waals surface area contributed by atoms with E-state index in [4.69, 9.17) is 5.11 Å². The first-order chi connectivity index (χ1) is 10.0. The van der Waals surface area contributed by atoms with Crippen molar-refractivity contribution in [2.24, 2.45) is 0 Å². The van der Waals surface area contributed by atoms with Gasteiger partial charge in [-0.15, -0.1) is 0 Å². The molecule has 0 radical (unpaired) electrons. The predicted molar refractivity (Wildman–Crippen MR) is 81.7 cm³/mol. The Morgan fingerprint density at radius 3 is 2.38 bits per heavy atom. The fourth-order valence-corrected chi connectivity index (χ4v) is 2.42. The molecular formula is C17H13NO3. The van der Waals surface area contributed by atoms with Gasteiger partial charge in [0.2, 0.25) is 5.56 Å². The van der Waals surface area contributed by atoms with Crippen LogP contribution in [0.4, 0.5) is 0 Å². The van der Waals surface area contributed by atoms with Gasteiger partial charge in [0.25, 0.3) is 0 Å². The van der Waals surface area contributed by atoms with E-state index in [-0.39, 0.29) is 11.1 Å². The molecule has 0 bridgehead atoms. The van der Waals surface area contributed by atoms with Crippen molar-refractivity contribution in [2.45, 2.75) is 6.92 Å². The first kappa shape index (κ1) is 13.1. The Morgan fingerprint density at radius 2 is 1.71 bits per heavy atom. The molecule has 2 aromatic carbocycles. The third-order valence-electron chi connectivity index (χ3n) is 3.49. The highest BCUT2D eigenvalue weighted by Gasteiger charge is 2.06. The lowest BCUT2D eigenvalue weighted by molar-refractivity contribution is 0.0697. The molecule has 4 heteroatoms. The molecule has 3 rings (SSSR count). The Kier molecular flexibility index (Phi) is 3.06. The zero-order chi connectivity index (χ0) is 15.0. The van der Waals surface area contributed by atoms with Crippen LogP contribution < -0.4 is 5.56 Å². The van der Waals surface area contributed by atoms with Crippen molar-refractivity contribution in [1.29, 1.82) is 0 Å². The number of carboxylic acid groups (broad SMARTS) is 1. The molecule has 0 spiro atoms. The number of carboxylic acids is 1. The lowest BCUT2D eigenvalue weighted by Crippen LogP contribution is -2.03. The number of hydrogen-bond acceptors (Lipinski definition) is 2. The van der Waals surface area contributed by atoms with Crippen LogP contribution in [0.2, 0.25) is 0 Å². The van der Waals surface area contributed by atoms with Crippen molar-refractivity contribution < 1.29 is 9.90 Å². The molecule has 0 aliphatic carbocycles. The topological polar surface area (TPSA) is 70.2 Å². The lowest BCUT2D eigenvalue weighted by atomic mass is 9.99. The van der Waals surface area contributed by atoms with Crippen LogP contribution in [0.3, 0.4) is 0 Å². The number of rotatable bonds is 2. The number of benzene rings is 2. The van der Waals surface area contributed by atoms with Crippen LogP contribution in [0.1, 0.15) is 15.9 Å². The molecule has 2 N–H and O–H groups in total. The molecule has 1 aromatic heterocycles. The molecule has 0 fully saturated rings. The van der Waals surface area contributed by atoms with Gasteiger partial charge in [0.15, 0.2) is 0 Å². The molecule has 104 valence electrons. The summed E-state index contributed by atoms with van der Waals surface area (Å²) in [5, 5.41) is 9.87. The number of aromatic carboxylic acids is 1. The number of fused-ring (bicyclic) bond motifs is 1. The fraction of sp³-hybridized carbons (Fsp3) is 0.0588. The maximum Gasteiger partial charge on any atom is 0.335 e. The molecule has 1 heterocycles. The third-order valence-corrected chi connectivity index (χ3v) is 3.49. The first-order valence-corrected chi connectivity index (χ1v) is 6.52. The monoisotopic (exact) mass is 279 g/mol. The van der Waals surface area contributed by atoms with Crippen molar-refractivity contribution >= 4 is 16.9 Å². The SMILES string of the molecule is Cc1cc(-c2ccc(C(=O)O)cc2)cc2ccc(=O)[nH]c12. The van der Waals surface area contributed by atoms with Gasteiger partial charge in [0, 0.05) is 6.07 Å². The minimum absolute atomic E-state index is 0.121. The highest BCUT2D eigenvalue weighted by Crippen LogP contribution is 2.26. The Hall–Kier alpha value is -2.88. The van der Waals surface area contributed by atoms with E-state index in [1.165, 1.54) is 6.07 Å². The van der Waals surface area contributed by atoms with E-state index >= 15 is 0 Å². The van der Waals surface area contributed by atoms with Crippen LogP contribution in [0.5, 0.6) is 0 Å². The molecule has 4 nitrogen and oxygen atoms in total. The summed E-state index contributed by atoms with van der Waals surface area (Å²) in [5.41, 5.74) is 3.88. The van der Waals surface area contributed by atoms with E-state index < -0.39 is 5.97 Å². The summed E-state index contributed by atoms with van der Waals surface area (Å²) in [6.07, 6.45) is 0. The van der Waals surface area contributed by atoms with Gasteiger partial charge in [-0.2, -0.15) is 0 Å². The van der Waals surface area contributed by atoms with Gasteiger partial charge in [0.05, 0.1) is 11.1 Å². The average Bonchev–Trinajstić information content (AvgIpc) is 2.48. The quantitative estimate of drug-likeness (QED) is 0.756. The summed E-state index contributed by atoms with van der Waals surface area (Å²) in [7, 11) is 0. The average molecular weight is 279 g/mol. The number of H-pyrrole nitrogens is 1. The van der Waals surface area contributed by atoms with E-state index in [1.54, 1.807) is 30.3 Å². The Labute approximate surface area is 120 Å². The van der Waals surface area contributed by atoms with Crippen molar-refractivity contribution in [3.05, 3.63) is 70.0 Å². The second-order valence-electron chi connectivity index (χ2n) is 4.96. The van der Waals surface area contributed by atoms with Gasteiger partial charge in [-0.25, -0.2) is 4.79 Å². The van der Waals surface area contributed by atoms with Gasteiger partial charge in [-0.05, 0) is 59.3 Å². The second-order valence-corrected chi connectivity index (χ2v) is 4.96. The van der Waals surface area contributed by atoms with Gasteiger partial charge < -0.3 is 10.1 Å². The number of carbonyl (C=O) groups is 1. The lowest BCUT2D eigenvalue weighted by Gasteiger charge is -2.07. The normalized spacial score (nSPS) is 10.7. The van der Waals surface area contributed by atoms with E-state index in [0.29, 0.717) is 0 Å². The molecule has 0 aliphatic rings. The van der Waals surface area contributed by atoms with Gasteiger partial charge in [-0.3, -0.25) is 4.79 Å². The van der Waals surface area contributed by atoms with Crippen molar-refractivity contribution in [2.75, 3.05) is 0 Å². The van der Waals surface area contributed by atoms with Crippen LogP contribution in [0.25, 0.3) is 22.0 Å². The summed E-state index contributed by atoms with van der Waals surface area (Å²) in [4.78, 5) is 25.1. The van der Waals surface area contributed by atoms with E-state index in [9.17, 15) is 9.59 Å². The first-order valence-electron chi connectivity index (χ1n) is 6.52. The standard InChI is InChI=1S/C17H13NO3/c1-10-8-14(9-13-6-7-15(19)18-16(10)13)11-2-4-12(5-3-11)17(20)21/h2-9H,1H3,(H,18,19)(H,20,21). The highest BCUT2D eigenvalue weighted by molar-refractivity contribution is 5.90. The maximum absolute atomic E-state index is 11.4. The van der Waals surface area contributed by atoms with Crippen LogP contribution in [0, 0.1) is 6.92 Å². The van der Waals surface area contributed by atoms with Gasteiger partial charge >= 0.3 is 5.97 Å². The van der Waals surface area contributed by atoms with Gasteiger partial charge in [0.1, 0.15) is 0 Å². The minimum atomic E-state index is -0.936. The Balaban J connectivity index is 2.14. The number of pyridine rings is 1. The van der Waals surface area contributed by atoms with E-state index in [1.807, 2.05) is 19.1 Å².